The number of piperidine rings is 1. The van der Waals surface area contributed by atoms with Gasteiger partial charge in [0, 0.05) is 31.2 Å². The molecule has 0 atom stereocenters. The molecule has 1 fully saturated rings. The summed E-state index contributed by atoms with van der Waals surface area (Å²) in [5, 5.41) is 1.94. The number of carbonyl (C=O) groups is 2. The smallest absolute Gasteiger partial charge is 0.229 e. The van der Waals surface area contributed by atoms with Gasteiger partial charge in [0.05, 0.1) is 11.2 Å². The average molecular weight is 224 g/mol. The fourth-order valence-electron chi connectivity index (χ4n) is 1.64. The van der Waals surface area contributed by atoms with E-state index in [-0.39, 0.29) is 11.8 Å². The van der Waals surface area contributed by atoms with Gasteiger partial charge in [0.2, 0.25) is 11.8 Å². The molecule has 0 bridgehead atoms. The number of imide groups is 1. The van der Waals surface area contributed by atoms with Crippen molar-refractivity contribution in [3.8, 4) is 0 Å². The lowest BCUT2D eigenvalue weighted by Gasteiger charge is -2.24. The van der Waals surface area contributed by atoms with E-state index in [0.717, 1.165) is 5.69 Å². The van der Waals surface area contributed by atoms with Gasteiger partial charge in [-0.05, 0) is 6.42 Å². The Labute approximate surface area is 91.9 Å². The highest BCUT2D eigenvalue weighted by molar-refractivity contribution is 7.07. The van der Waals surface area contributed by atoms with Crippen LogP contribution in [-0.2, 0) is 16.0 Å². The third-order valence-corrected chi connectivity index (χ3v) is 3.09. The number of amides is 2. The zero-order valence-corrected chi connectivity index (χ0v) is 9.13. The van der Waals surface area contributed by atoms with Gasteiger partial charge < -0.3 is 0 Å². The molecule has 1 aromatic rings. The van der Waals surface area contributed by atoms with E-state index in [2.05, 4.69) is 4.98 Å². The van der Waals surface area contributed by atoms with Crippen LogP contribution in [0.3, 0.4) is 0 Å². The van der Waals surface area contributed by atoms with E-state index >= 15 is 0 Å². The molecule has 0 unspecified atom stereocenters. The van der Waals surface area contributed by atoms with Crippen molar-refractivity contribution in [2.75, 3.05) is 6.54 Å². The van der Waals surface area contributed by atoms with Gasteiger partial charge in [0.25, 0.3) is 0 Å². The van der Waals surface area contributed by atoms with Crippen LogP contribution in [0.5, 0.6) is 0 Å². The van der Waals surface area contributed by atoms with Crippen molar-refractivity contribution in [1.29, 1.82) is 0 Å². The molecule has 0 N–H and O–H groups in total. The lowest BCUT2D eigenvalue weighted by atomic mass is 10.1. The summed E-state index contributed by atoms with van der Waals surface area (Å²) < 4.78 is 0. The Hall–Kier alpha value is -1.23. The second kappa shape index (κ2) is 4.53. The molecule has 15 heavy (non-hydrogen) atoms. The first kappa shape index (κ1) is 10.3. The maximum Gasteiger partial charge on any atom is 0.229 e. The van der Waals surface area contributed by atoms with Gasteiger partial charge in [-0.15, -0.1) is 11.3 Å². The first-order chi connectivity index (χ1) is 7.27. The number of likely N-dealkylation sites (tertiary alicyclic amines) is 1. The van der Waals surface area contributed by atoms with E-state index in [4.69, 9.17) is 0 Å². The Morgan fingerprint density at radius 2 is 2.07 bits per heavy atom. The van der Waals surface area contributed by atoms with E-state index in [1.165, 1.54) is 16.2 Å². The van der Waals surface area contributed by atoms with Crippen molar-refractivity contribution in [2.24, 2.45) is 0 Å². The summed E-state index contributed by atoms with van der Waals surface area (Å²) in [6, 6.07) is 0. The van der Waals surface area contributed by atoms with E-state index < -0.39 is 0 Å². The number of carbonyl (C=O) groups excluding carboxylic acids is 2. The fraction of sp³-hybridized carbons (Fsp3) is 0.500. The van der Waals surface area contributed by atoms with E-state index in [1.807, 2.05) is 5.38 Å². The molecule has 1 aliphatic rings. The lowest BCUT2D eigenvalue weighted by Crippen LogP contribution is -2.41. The van der Waals surface area contributed by atoms with Gasteiger partial charge in [-0.3, -0.25) is 14.5 Å². The standard InChI is InChI=1S/C10H12N2O2S/c13-9-2-1-3-10(14)12(9)5-4-8-6-15-7-11-8/h6-7H,1-5H2. The normalized spacial score (nSPS) is 17.2. The first-order valence-electron chi connectivity index (χ1n) is 4.97. The van der Waals surface area contributed by atoms with Crippen LogP contribution in [-0.4, -0.2) is 28.2 Å². The molecule has 5 heteroatoms. The van der Waals surface area contributed by atoms with Crippen molar-refractivity contribution in [2.45, 2.75) is 25.7 Å². The summed E-state index contributed by atoms with van der Waals surface area (Å²) in [5.41, 5.74) is 2.71. The van der Waals surface area contributed by atoms with Crippen LogP contribution in [0, 0.1) is 0 Å². The molecular weight excluding hydrogens is 212 g/mol. The zero-order valence-electron chi connectivity index (χ0n) is 8.31. The van der Waals surface area contributed by atoms with Crippen LogP contribution < -0.4 is 0 Å². The van der Waals surface area contributed by atoms with Gasteiger partial charge in [0.15, 0.2) is 0 Å². The predicted molar refractivity (Wildman–Crippen MR) is 56.4 cm³/mol. The number of hydrogen-bond donors (Lipinski definition) is 0. The van der Waals surface area contributed by atoms with Gasteiger partial charge in [0.1, 0.15) is 0 Å². The Kier molecular flexibility index (Phi) is 3.11. The highest BCUT2D eigenvalue weighted by Gasteiger charge is 2.25. The molecule has 80 valence electrons. The van der Waals surface area contributed by atoms with Crippen molar-refractivity contribution < 1.29 is 9.59 Å². The lowest BCUT2D eigenvalue weighted by molar-refractivity contribution is -0.147. The minimum Gasteiger partial charge on any atom is -0.282 e. The van der Waals surface area contributed by atoms with E-state index in [1.54, 1.807) is 5.51 Å². The Morgan fingerprint density at radius 3 is 2.67 bits per heavy atom. The van der Waals surface area contributed by atoms with Crippen LogP contribution in [0.4, 0.5) is 0 Å². The quantitative estimate of drug-likeness (QED) is 0.725. The monoisotopic (exact) mass is 224 g/mol. The van der Waals surface area contributed by atoms with Crippen LogP contribution >= 0.6 is 11.3 Å². The van der Waals surface area contributed by atoms with E-state index in [9.17, 15) is 9.59 Å². The summed E-state index contributed by atoms with van der Waals surface area (Å²) >= 11 is 1.53. The van der Waals surface area contributed by atoms with Gasteiger partial charge >= 0.3 is 0 Å². The van der Waals surface area contributed by atoms with Crippen molar-refractivity contribution >= 4 is 23.2 Å². The van der Waals surface area contributed by atoms with Crippen molar-refractivity contribution in [1.82, 2.24) is 9.88 Å². The van der Waals surface area contributed by atoms with E-state index in [0.29, 0.717) is 32.2 Å². The molecule has 2 heterocycles. The molecule has 2 rings (SSSR count). The SMILES string of the molecule is O=C1CCCC(=O)N1CCc1cscn1. The Bertz CT molecular complexity index is 346. The zero-order chi connectivity index (χ0) is 10.7. The summed E-state index contributed by atoms with van der Waals surface area (Å²) in [5.74, 6) is -0.0806. The van der Waals surface area contributed by atoms with Gasteiger partial charge in [-0.2, -0.15) is 0 Å². The molecule has 1 aromatic heterocycles. The van der Waals surface area contributed by atoms with Crippen LogP contribution in [0.25, 0.3) is 0 Å². The molecule has 2 amide bonds. The summed E-state index contributed by atoms with van der Waals surface area (Å²) in [6.07, 6.45) is 2.37. The number of thiazole rings is 1. The fourth-order valence-corrected chi connectivity index (χ4v) is 2.23. The third kappa shape index (κ3) is 2.41. The highest BCUT2D eigenvalue weighted by Crippen LogP contribution is 2.13. The van der Waals surface area contributed by atoms with Gasteiger partial charge in [-0.25, -0.2) is 4.98 Å². The van der Waals surface area contributed by atoms with Crippen LogP contribution in [0.2, 0.25) is 0 Å². The number of aromatic nitrogens is 1. The Balaban J connectivity index is 1.92. The maximum absolute atomic E-state index is 11.5. The molecule has 1 saturated heterocycles. The summed E-state index contributed by atoms with van der Waals surface area (Å²) in [7, 11) is 0. The predicted octanol–water partition coefficient (Wildman–Crippen LogP) is 1.22. The molecule has 0 aliphatic carbocycles. The van der Waals surface area contributed by atoms with Crippen LogP contribution in [0.1, 0.15) is 25.0 Å². The molecule has 0 spiro atoms. The molecule has 0 aromatic carbocycles. The second-order valence-electron chi connectivity index (χ2n) is 3.52. The van der Waals surface area contributed by atoms with Crippen LogP contribution in [0.15, 0.2) is 10.9 Å². The topological polar surface area (TPSA) is 50.3 Å². The molecule has 0 saturated carbocycles. The minimum absolute atomic E-state index is 0.0403. The van der Waals surface area contributed by atoms with Gasteiger partial charge in [-0.1, -0.05) is 0 Å². The number of nitrogens with zero attached hydrogens (tertiary/aromatic N) is 2. The number of hydrogen-bond acceptors (Lipinski definition) is 4. The average Bonchev–Trinajstić information content (AvgIpc) is 2.70. The summed E-state index contributed by atoms with van der Waals surface area (Å²) in [6.45, 7) is 0.474. The molecule has 0 radical (unpaired) electrons. The highest BCUT2D eigenvalue weighted by atomic mass is 32.1. The first-order valence-corrected chi connectivity index (χ1v) is 5.92. The minimum atomic E-state index is -0.0403. The largest absolute Gasteiger partial charge is 0.282 e. The molecular formula is C10H12N2O2S. The van der Waals surface area contributed by atoms with Crippen molar-refractivity contribution in [3.63, 3.8) is 0 Å². The Morgan fingerprint density at radius 1 is 1.33 bits per heavy atom. The molecule has 1 aliphatic heterocycles. The maximum atomic E-state index is 11.5. The molecule has 4 nitrogen and oxygen atoms in total. The second-order valence-corrected chi connectivity index (χ2v) is 4.24. The van der Waals surface area contributed by atoms with Crippen molar-refractivity contribution in [3.05, 3.63) is 16.6 Å². The summed E-state index contributed by atoms with van der Waals surface area (Å²) in [4.78, 5) is 28.4. The third-order valence-electron chi connectivity index (χ3n) is 2.46. The number of rotatable bonds is 3.